The SMILES string of the molecule is CCC(N)C(=O)C(=O)O.Cl. The van der Waals surface area contributed by atoms with E-state index in [9.17, 15) is 9.59 Å². The first-order valence-corrected chi connectivity index (χ1v) is 2.62. The zero-order valence-corrected chi connectivity index (χ0v) is 6.35. The Labute approximate surface area is 64.8 Å². The molecule has 0 aromatic rings. The predicted molar refractivity (Wildman–Crippen MR) is 38.2 cm³/mol. The zero-order valence-electron chi connectivity index (χ0n) is 5.53. The van der Waals surface area contributed by atoms with Crippen LogP contribution >= 0.6 is 12.4 Å². The van der Waals surface area contributed by atoms with Crippen molar-refractivity contribution in [3.63, 3.8) is 0 Å². The van der Waals surface area contributed by atoms with Crippen LogP contribution in [0.4, 0.5) is 0 Å². The molecule has 0 bridgehead atoms. The van der Waals surface area contributed by atoms with E-state index < -0.39 is 17.8 Å². The number of Topliss-reactive ketones (excluding diaryl/α,β-unsaturated/α-hetero) is 1. The summed E-state index contributed by atoms with van der Waals surface area (Å²) in [5.74, 6) is -2.37. The lowest BCUT2D eigenvalue weighted by molar-refractivity contribution is -0.149. The van der Waals surface area contributed by atoms with Gasteiger partial charge in [-0.1, -0.05) is 6.92 Å². The van der Waals surface area contributed by atoms with Crippen LogP contribution in [0.1, 0.15) is 13.3 Å². The van der Waals surface area contributed by atoms with Gasteiger partial charge in [-0.2, -0.15) is 0 Å². The van der Waals surface area contributed by atoms with Crippen molar-refractivity contribution in [1.29, 1.82) is 0 Å². The molecule has 0 aliphatic heterocycles. The Bertz CT molecular complexity index is 137. The summed E-state index contributed by atoms with van der Waals surface area (Å²) in [6.07, 6.45) is 0.366. The van der Waals surface area contributed by atoms with E-state index in [1.165, 1.54) is 0 Å². The van der Waals surface area contributed by atoms with Crippen molar-refractivity contribution in [2.75, 3.05) is 0 Å². The van der Waals surface area contributed by atoms with Gasteiger partial charge in [-0.05, 0) is 6.42 Å². The van der Waals surface area contributed by atoms with E-state index in [4.69, 9.17) is 10.8 Å². The van der Waals surface area contributed by atoms with Gasteiger partial charge in [0.05, 0.1) is 6.04 Å². The summed E-state index contributed by atoms with van der Waals surface area (Å²) in [4.78, 5) is 20.2. The fourth-order valence-corrected chi connectivity index (χ4v) is 0.344. The number of carboxylic acids is 1. The monoisotopic (exact) mass is 167 g/mol. The standard InChI is InChI=1S/C5H9NO3.ClH/c1-2-3(6)4(7)5(8)9;/h3H,2,6H2,1H3,(H,8,9);1H. The second kappa shape index (κ2) is 5.20. The van der Waals surface area contributed by atoms with Crippen LogP contribution in [0.15, 0.2) is 0 Å². The lowest BCUT2D eigenvalue weighted by atomic mass is 10.1. The molecule has 0 radical (unpaired) electrons. The number of carbonyl (C=O) groups is 2. The molecule has 0 rings (SSSR count). The second-order valence-electron chi connectivity index (χ2n) is 1.68. The third-order valence-electron chi connectivity index (χ3n) is 0.987. The number of carbonyl (C=O) groups excluding carboxylic acids is 1. The number of rotatable bonds is 3. The van der Waals surface area contributed by atoms with E-state index in [0.29, 0.717) is 6.42 Å². The molecule has 0 aromatic carbocycles. The molecule has 3 N–H and O–H groups in total. The zero-order chi connectivity index (χ0) is 7.44. The molecule has 5 heteroatoms. The molecule has 0 fully saturated rings. The molecule has 10 heavy (non-hydrogen) atoms. The molecule has 0 saturated carbocycles. The summed E-state index contributed by atoms with van der Waals surface area (Å²) < 4.78 is 0. The van der Waals surface area contributed by atoms with E-state index in [-0.39, 0.29) is 12.4 Å². The Hall–Kier alpha value is -0.610. The first kappa shape index (κ1) is 12.1. The fourth-order valence-electron chi connectivity index (χ4n) is 0.344. The molecule has 0 saturated heterocycles. The van der Waals surface area contributed by atoms with E-state index in [1.54, 1.807) is 6.92 Å². The van der Waals surface area contributed by atoms with Gasteiger partial charge in [0.2, 0.25) is 0 Å². The first-order chi connectivity index (χ1) is 4.09. The number of ketones is 1. The van der Waals surface area contributed by atoms with Crippen molar-refractivity contribution < 1.29 is 14.7 Å². The first-order valence-electron chi connectivity index (χ1n) is 2.62. The van der Waals surface area contributed by atoms with E-state index >= 15 is 0 Å². The van der Waals surface area contributed by atoms with Crippen molar-refractivity contribution in [3.05, 3.63) is 0 Å². The third kappa shape index (κ3) is 3.42. The van der Waals surface area contributed by atoms with Crippen LogP contribution < -0.4 is 5.73 Å². The Morgan fingerprint density at radius 3 is 2.10 bits per heavy atom. The summed E-state index contributed by atoms with van der Waals surface area (Å²) in [6.45, 7) is 1.66. The predicted octanol–water partition coefficient (Wildman–Crippen LogP) is -0.201. The highest BCUT2D eigenvalue weighted by Crippen LogP contribution is 1.87. The number of carboxylic acid groups (broad SMARTS) is 1. The Morgan fingerprint density at radius 2 is 2.00 bits per heavy atom. The van der Waals surface area contributed by atoms with Crippen LogP contribution in [0.3, 0.4) is 0 Å². The summed E-state index contributed by atoms with van der Waals surface area (Å²) in [5, 5.41) is 8.05. The number of halogens is 1. The summed E-state index contributed by atoms with van der Waals surface area (Å²) >= 11 is 0. The van der Waals surface area contributed by atoms with Crippen LogP contribution in [0.2, 0.25) is 0 Å². The highest BCUT2D eigenvalue weighted by atomic mass is 35.5. The minimum absolute atomic E-state index is 0. The van der Waals surface area contributed by atoms with E-state index in [1.807, 2.05) is 0 Å². The van der Waals surface area contributed by atoms with Crippen molar-refractivity contribution in [2.24, 2.45) is 5.73 Å². The van der Waals surface area contributed by atoms with Crippen LogP contribution in [-0.2, 0) is 9.59 Å². The largest absolute Gasteiger partial charge is 0.475 e. The maximum atomic E-state index is 10.3. The Balaban J connectivity index is 0. The normalized spacial score (nSPS) is 11.4. The average Bonchev–Trinajstić information content (AvgIpc) is 1.84. The number of aliphatic carboxylic acids is 1. The van der Waals surface area contributed by atoms with Crippen molar-refractivity contribution >= 4 is 24.2 Å². The lowest BCUT2D eigenvalue weighted by Gasteiger charge is -2.00. The van der Waals surface area contributed by atoms with Gasteiger partial charge in [0.25, 0.3) is 5.78 Å². The Morgan fingerprint density at radius 1 is 1.60 bits per heavy atom. The fraction of sp³-hybridized carbons (Fsp3) is 0.600. The van der Waals surface area contributed by atoms with Gasteiger partial charge in [-0.15, -0.1) is 12.4 Å². The Kier molecular flexibility index (Phi) is 6.29. The van der Waals surface area contributed by atoms with Crippen molar-refractivity contribution in [3.8, 4) is 0 Å². The van der Waals surface area contributed by atoms with E-state index in [2.05, 4.69) is 0 Å². The maximum Gasteiger partial charge on any atom is 0.373 e. The van der Waals surface area contributed by atoms with Crippen molar-refractivity contribution in [2.45, 2.75) is 19.4 Å². The highest BCUT2D eigenvalue weighted by molar-refractivity contribution is 6.34. The molecule has 0 aliphatic rings. The molecule has 60 valence electrons. The van der Waals surface area contributed by atoms with Gasteiger partial charge >= 0.3 is 5.97 Å². The van der Waals surface area contributed by atoms with Crippen LogP contribution in [0, 0.1) is 0 Å². The minimum atomic E-state index is -1.45. The second-order valence-corrected chi connectivity index (χ2v) is 1.68. The molecule has 0 aliphatic carbocycles. The molecular formula is C5H10ClNO3. The molecular weight excluding hydrogens is 158 g/mol. The smallest absolute Gasteiger partial charge is 0.373 e. The molecule has 1 unspecified atom stereocenters. The van der Waals surface area contributed by atoms with Crippen LogP contribution in [-0.4, -0.2) is 22.9 Å². The molecule has 0 aromatic heterocycles. The third-order valence-corrected chi connectivity index (χ3v) is 0.987. The van der Waals surface area contributed by atoms with E-state index in [0.717, 1.165) is 0 Å². The molecule has 0 spiro atoms. The van der Waals surface area contributed by atoms with Crippen LogP contribution in [0.5, 0.6) is 0 Å². The quantitative estimate of drug-likeness (QED) is 0.571. The van der Waals surface area contributed by atoms with Gasteiger partial charge in [0.15, 0.2) is 0 Å². The average molecular weight is 168 g/mol. The topological polar surface area (TPSA) is 80.4 Å². The van der Waals surface area contributed by atoms with Gasteiger partial charge in [-0.25, -0.2) is 4.79 Å². The lowest BCUT2D eigenvalue weighted by Crippen LogP contribution is -2.34. The van der Waals surface area contributed by atoms with Gasteiger partial charge in [0.1, 0.15) is 0 Å². The van der Waals surface area contributed by atoms with Gasteiger partial charge < -0.3 is 10.8 Å². The molecule has 4 nitrogen and oxygen atoms in total. The van der Waals surface area contributed by atoms with Crippen LogP contribution in [0.25, 0.3) is 0 Å². The molecule has 0 amide bonds. The summed E-state index contributed by atoms with van der Waals surface area (Å²) in [7, 11) is 0. The highest BCUT2D eigenvalue weighted by Gasteiger charge is 2.18. The maximum absolute atomic E-state index is 10.3. The summed E-state index contributed by atoms with van der Waals surface area (Å²) in [6, 6.07) is -0.845. The van der Waals surface area contributed by atoms with Gasteiger partial charge in [0, 0.05) is 0 Å². The number of hydrogen-bond donors (Lipinski definition) is 2. The minimum Gasteiger partial charge on any atom is -0.475 e. The van der Waals surface area contributed by atoms with Crippen molar-refractivity contribution in [1.82, 2.24) is 0 Å². The number of hydrogen-bond acceptors (Lipinski definition) is 3. The number of nitrogens with two attached hydrogens (primary N) is 1. The molecule has 0 heterocycles. The molecule has 1 atom stereocenters. The van der Waals surface area contributed by atoms with Gasteiger partial charge in [-0.3, -0.25) is 4.79 Å². The summed E-state index contributed by atoms with van der Waals surface area (Å²) in [5.41, 5.74) is 5.09.